The number of hydrogen-bond donors (Lipinski definition) is 0. The lowest BCUT2D eigenvalue weighted by atomic mass is 9.79. The highest BCUT2D eigenvalue weighted by atomic mass is 16.3. The molecule has 0 saturated carbocycles. The number of hydrogen-bond acceptors (Lipinski definition) is 2. The molecule has 2 heteroatoms. The van der Waals surface area contributed by atoms with Crippen LogP contribution in [-0.4, -0.2) is 0 Å². The highest BCUT2D eigenvalue weighted by Crippen LogP contribution is 2.55. The summed E-state index contributed by atoms with van der Waals surface area (Å²) in [6, 6.07) is 59.4. The highest BCUT2D eigenvalue weighted by molar-refractivity contribution is 6.08. The lowest BCUT2D eigenvalue weighted by Gasteiger charge is -2.26. The average Bonchev–Trinajstić information content (AvgIpc) is 3.64. The minimum atomic E-state index is -0.0834. The van der Waals surface area contributed by atoms with Crippen LogP contribution in [0.25, 0.3) is 65.7 Å². The zero-order valence-corrected chi connectivity index (χ0v) is 27.4. The second kappa shape index (κ2) is 10.4. The first kappa shape index (κ1) is 27.9. The quantitative estimate of drug-likeness (QED) is 0.193. The predicted octanol–water partition coefficient (Wildman–Crippen LogP) is 13.3. The van der Waals surface area contributed by atoms with Crippen LogP contribution in [0.1, 0.15) is 25.0 Å². The summed E-state index contributed by atoms with van der Waals surface area (Å²) < 4.78 is 6.17. The van der Waals surface area contributed by atoms with Crippen molar-refractivity contribution in [2.24, 2.45) is 0 Å². The van der Waals surface area contributed by atoms with Crippen molar-refractivity contribution in [2.75, 3.05) is 4.90 Å². The molecule has 0 bridgehead atoms. The molecule has 2 nitrogen and oxygen atoms in total. The van der Waals surface area contributed by atoms with Crippen molar-refractivity contribution in [3.8, 4) is 22.3 Å². The second-order valence-electron chi connectivity index (χ2n) is 13.8. The lowest BCUT2D eigenvalue weighted by molar-refractivity contribution is 0.666. The van der Waals surface area contributed by atoms with Crippen LogP contribution in [0.4, 0.5) is 17.1 Å². The summed E-state index contributed by atoms with van der Waals surface area (Å²) >= 11 is 0. The van der Waals surface area contributed by atoms with E-state index in [0.717, 1.165) is 39.0 Å². The maximum atomic E-state index is 6.17. The van der Waals surface area contributed by atoms with Crippen LogP contribution in [0.2, 0.25) is 0 Å². The van der Waals surface area contributed by atoms with Gasteiger partial charge >= 0.3 is 0 Å². The van der Waals surface area contributed by atoms with E-state index >= 15 is 0 Å². The molecule has 8 aromatic carbocycles. The van der Waals surface area contributed by atoms with E-state index in [-0.39, 0.29) is 5.41 Å². The Labute approximate surface area is 285 Å². The predicted molar refractivity (Wildman–Crippen MR) is 206 cm³/mol. The number of anilines is 3. The van der Waals surface area contributed by atoms with E-state index in [2.05, 4.69) is 170 Å². The number of furan rings is 1. The molecular weight excluding hydrogens is 595 g/mol. The molecule has 0 amide bonds. The molecule has 0 saturated heterocycles. The number of nitrogens with zero attached hydrogens (tertiary/aromatic N) is 1. The molecule has 0 aliphatic heterocycles. The number of rotatable bonds is 4. The largest absolute Gasteiger partial charge is 0.456 e. The zero-order valence-electron chi connectivity index (χ0n) is 27.4. The number of para-hydroxylation sites is 2. The maximum absolute atomic E-state index is 6.17. The van der Waals surface area contributed by atoms with Gasteiger partial charge in [-0.1, -0.05) is 117 Å². The molecule has 49 heavy (non-hydrogen) atoms. The standard InChI is InChI=1S/C47H33NO/c1-47(2)42-18-10-8-17-39(42)45-40(28-32-12-6-7-15-37(32)46(45)47)33-21-20-31-27-35(23-22-30(31)26-33)48(34-13-4-3-5-14-34)36-24-25-44-41(29-36)38-16-9-11-19-43(38)49-44/h3-29H,1-2H3. The summed E-state index contributed by atoms with van der Waals surface area (Å²) in [5.41, 5.74) is 13.1. The van der Waals surface area contributed by atoms with Crippen molar-refractivity contribution in [1.82, 2.24) is 0 Å². The molecule has 0 N–H and O–H groups in total. The first-order valence-corrected chi connectivity index (χ1v) is 17.0. The minimum Gasteiger partial charge on any atom is -0.456 e. The summed E-state index contributed by atoms with van der Waals surface area (Å²) in [6.45, 7) is 4.75. The Morgan fingerprint density at radius 1 is 0.449 bits per heavy atom. The van der Waals surface area contributed by atoms with Gasteiger partial charge < -0.3 is 9.32 Å². The summed E-state index contributed by atoms with van der Waals surface area (Å²) in [6.07, 6.45) is 0. The Morgan fingerprint density at radius 3 is 2.02 bits per heavy atom. The van der Waals surface area contributed by atoms with Gasteiger partial charge in [-0.05, 0) is 116 Å². The normalized spacial score (nSPS) is 13.3. The lowest BCUT2D eigenvalue weighted by Crippen LogP contribution is -2.15. The average molecular weight is 628 g/mol. The molecule has 10 rings (SSSR count). The third-order valence-corrected chi connectivity index (χ3v) is 10.6. The van der Waals surface area contributed by atoms with Crippen molar-refractivity contribution in [2.45, 2.75) is 19.3 Å². The Morgan fingerprint density at radius 2 is 1.12 bits per heavy atom. The van der Waals surface area contributed by atoms with Crippen molar-refractivity contribution in [3.63, 3.8) is 0 Å². The van der Waals surface area contributed by atoms with Crippen molar-refractivity contribution >= 4 is 60.5 Å². The van der Waals surface area contributed by atoms with E-state index in [9.17, 15) is 0 Å². The zero-order chi connectivity index (χ0) is 32.7. The topological polar surface area (TPSA) is 16.4 Å². The molecule has 1 aliphatic carbocycles. The molecule has 0 spiro atoms. The third-order valence-electron chi connectivity index (χ3n) is 10.6. The number of benzene rings is 8. The number of fused-ring (bicyclic) bond motifs is 9. The first-order chi connectivity index (χ1) is 24.0. The first-order valence-electron chi connectivity index (χ1n) is 17.0. The van der Waals surface area contributed by atoms with Gasteiger partial charge in [-0.15, -0.1) is 0 Å². The van der Waals surface area contributed by atoms with Gasteiger partial charge in [0.05, 0.1) is 0 Å². The van der Waals surface area contributed by atoms with Gasteiger partial charge in [0.1, 0.15) is 11.2 Å². The van der Waals surface area contributed by atoms with Gasteiger partial charge in [0.15, 0.2) is 0 Å². The fourth-order valence-electron chi connectivity index (χ4n) is 8.30. The van der Waals surface area contributed by atoms with Crippen LogP contribution in [0.3, 0.4) is 0 Å². The smallest absolute Gasteiger partial charge is 0.135 e. The van der Waals surface area contributed by atoms with Gasteiger partial charge in [-0.3, -0.25) is 0 Å². The fraction of sp³-hybridized carbons (Fsp3) is 0.0638. The monoisotopic (exact) mass is 627 g/mol. The Balaban J connectivity index is 1.13. The fourth-order valence-corrected chi connectivity index (χ4v) is 8.30. The van der Waals surface area contributed by atoms with Crippen LogP contribution in [0.5, 0.6) is 0 Å². The van der Waals surface area contributed by atoms with Crippen molar-refractivity contribution in [1.29, 1.82) is 0 Å². The molecule has 0 unspecified atom stereocenters. The molecule has 1 aliphatic rings. The Hall–Kier alpha value is -6.12. The van der Waals surface area contributed by atoms with E-state index < -0.39 is 0 Å². The van der Waals surface area contributed by atoms with Crippen LogP contribution >= 0.6 is 0 Å². The van der Waals surface area contributed by atoms with Gasteiger partial charge in [-0.25, -0.2) is 0 Å². The molecule has 9 aromatic rings. The Bertz CT molecular complexity index is 2750. The van der Waals surface area contributed by atoms with Crippen LogP contribution < -0.4 is 4.90 Å². The highest BCUT2D eigenvalue weighted by Gasteiger charge is 2.38. The van der Waals surface area contributed by atoms with Gasteiger partial charge in [0.2, 0.25) is 0 Å². The van der Waals surface area contributed by atoms with Gasteiger partial charge in [-0.2, -0.15) is 0 Å². The molecule has 232 valence electrons. The summed E-state index contributed by atoms with van der Waals surface area (Å²) in [5.74, 6) is 0. The van der Waals surface area contributed by atoms with Crippen molar-refractivity contribution < 1.29 is 4.42 Å². The molecule has 1 aromatic heterocycles. The second-order valence-corrected chi connectivity index (χ2v) is 13.8. The van der Waals surface area contributed by atoms with Crippen LogP contribution in [0.15, 0.2) is 168 Å². The van der Waals surface area contributed by atoms with Gasteiger partial charge in [0, 0.05) is 33.2 Å². The molecule has 0 radical (unpaired) electrons. The molecule has 1 heterocycles. The molecule has 0 fully saturated rings. The van der Waals surface area contributed by atoms with Gasteiger partial charge in [0.25, 0.3) is 0 Å². The van der Waals surface area contributed by atoms with Crippen molar-refractivity contribution in [3.05, 3.63) is 175 Å². The van der Waals surface area contributed by atoms with E-state index in [0.29, 0.717) is 0 Å². The minimum absolute atomic E-state index is 0.0834. The van der Waals surface area contributed by atoms with E-state index in [1.54, 1.807) is 0 Å². The Kier molecular flexibility index (Phi) is 5.95. The van der Waals surface area contributed by atoms with Crippen LogP contribution in [0, 0.1) is 0 Å². The van der Waals surface area contributed by atoms with E-state index in [1.807, 2.05) is 12.1 Å². The third kappa shape index (κ3) is 4.20. The molecular formula is C47H33NO. The maximum Gasteiger partial charge on any atom is 0.135 e. The SMILES string of the molecule is CC1(C)c2ccccc2-c2c(-c3ccc4cc(N(c5ccccc5)c5ccc6oc7ccccc7c6c5)ccc4c3)cc3ccccc3c21. The van der Waals surface area contributed by atoms with E-state index in [1.165, 1.54) is 54.9 Å². The summed E-state index contributed by atoms with van der Waals surface area (Å²) in [5, 5.41) is 7.30. The molecule has 0 atom stereocenters. The summed E-state index contributed by atoms with van der Waals surface area (Å²) in [4.78, 5) is 2.34. The van der Waals surface area contributed by atoms with Crippen LogP contribution in [-0.2, 0) is 5.41 Å². The summed E-state index contributed by atoms with van der Waals surface area (Å²) in [7, 11) is 0. The van der Waals surface area contributed by atoms with E-state index in [4.69, 9.17) is 4.42 Å².